The van der Waals surface area contributed by atoms with Crippen LogP contribution in [-0.4, -0.2) is 30.7 Å². The van der Waals surface area contributed by atoms with Crippen LogP contribution >= 0.6 is 11.3 Å². The third-order valence-electron chi connectivity index (χ3n) is 3.42. The van der Waals surface area contributed by atoms with Crippen molar-refractivity contribution in [1.29, 1.82) is 0 Å². The minimum absolute atomic E-state index is 0.492. The van der Waals surface area contributed by atoms with Crippen LogP contribution in [-0.2, 0) is 17.9 Å². The summed E-state index contributed by atoms with van der Waals surface area (Å²) >= 11 is 1.83. The van der Waals surface area contributed by atoms with Gasteiger partial charge in [0.2, 0.25) is 0 Å². The van der Waals surface area contributed by atoms with Crippen molar-refractivity contribution in [3.63, 3.8) is 0 Å². The number of aromatic nitrogens is 1. The summed E-state index contributed by atoms with van der Waals surface area (Å²) in [6.07, 6.45) is 3.81. The van der Waals surface area contributed by atoms with E-state index in [9.17, 15) is 0 Å². The molecule has 0 aromatic carbocycles. The maximum Gasteiger partial charge on any atom is 0.186 e. The van der Waals surface area contributed by atoms with Gasteiger partial charge in [-0.2, -0.15) is 0 Å². The first-order chi connectivity index (χ1) is 9.65. The molecule has 1 aliphatic carbocycles. The van der Waals surface area contributed by atoms with Crippen molar-refractivity contribution in [3.8, 4) is 0 Å². The Hall–Kier alpha value is -0.650. The zero-order valence-electron chi connectivity index (χ0n) is 13.1. The smallest absolute Gasteiger partial charge is 0.186 e. The average Bonchev–Trinajstić information content (AvgIpc) is 3.16. The molecule has 1 saturated carbocycles. The monoisotopic (exact) mass is 297 g/mol. The first-order valence-corrected chi connectivity index (χ1v) is 8.44. The predicted molar refractivity (Wildman–Crippen MR) is 85.5 cm³/mol. The molecule has 1 aromatic heterocycles. The van der Waals surface area contributed by atoms with Gasteiger partial charge in [-0.1, -0.05) is 20.8 Å². The summed E-state index contributed by atoms with van der Waals surface area (Å²) in [6.45, 7) is 9.19. The lowest BCUT2D eigenvalue weighted by molar-refractivity contribution is 0.181. The molecule has 0 amide bonds. The van der Waals surface area contributed by atoms with Gasteiger partial charge in [0.25, 0.3) is 0 Å². The Kier molecular flexibility index (Phi) is 5.81. The summed E-state index contributed by atoms with van der Waals surface area (Å²) in [6, 6.07) is 1.22. The molecule has 4 nitrogen and oxygen atoms in total. The molecule has 5 heteroatoms. The molecule has 0 spiro atoms. The third-order valence-corrected chi connectivity index (χ3v) is 4.55. The molecular formula is C15H27N3OS. The van der Waals surface area contributed by atoms with Crippen LogP contribution in [0.3, 0.4) is 0 Å². The number of thiazole rings is 1. The van der Waals surface area contributed by atoms with Crippen molar-refractivity contribution in [2.24, 2.45) is 0 Å². The molecule has 1 heterocycles. The Bertz CT molecular complexity index is 415. The fraction of sp³-hybridized carbons (Fsp3) is 0.800. The second-order valence-electron chi connectivity index (χ2n) is 5.76. The highest BCUT2D eigenvalue weighted by Crippen LogP contribution is 2.35. The van der Waals surface area contributed by atoms with E-state index in [1.807, 2.05) is 11.3 Å². The van der Waals surface area contributed by atoms with Gasteiger partial charge in [-0.3, -0.25) is 0 Å². The Morgan fingerprint density at radius 3 is 2.75 bits per heavy atom. The molecule has 0 bridgehead atoms. The van der Waals surface area contributed by atoms with Crippen molar-refractivity contribution in [3.05, 3.63) is 10.6 Å². The molecule has 0 atom stereocenters. The summed E-state index contributed by atoms with van der Waals surface area (Å²) in [7, 11) is 1.74. The zero-order chi connectivity index (χ0) is 14.5. The molecule has 1 aliphatic rings. The van der Waals surface area contributed by atoms with Crippen molar-refractivity contribution in [2.45, 2.75) is 65.3 Å². The van der Waals surface area contributed by atoms with E-state index in [-0.39, 0.29) is 0 Å². The van der Waals surface area contributed by atoms with Crippen molar-refractivity contribution in [1.82, 2.24) is 10.3 Å². The molecule has 1 N–H and O–H groups in total. The van der Waals surface area contributed by atoms with Gasteiger partial charge in [0.05, 0.1) is 12.3 Å². The second kappa shape index (κ2) is 7.38. The van der Waals surface area contributed by atoms with Crippen LogP contribution in [0.15, 0.2) is 0 Å². The van der Waals surface area contributed by atoms with Gasteiger partial charge in [-0.05, 0) is 19.3 Å². The molecule has 1 aromatic rings. The first-order valence-electron chi connectivity index (χ1n) is 7.63. The van der Waals surface area contributed by atoms with Gasteiger partial charge in [-0.15, -0.1) is 11.3 Å². The minimum atomic E-state index is 0.492. The SMILES string of the molecule is CCCN(c1nc(COC)c(CNC(C)C)s1)C1CC1. The van der Waals surface area contributed by atoms with Gasteiger partial charge in [0, 0.05) is 37.2 Å². The molecule has 0 saturated heterocycles. The Labute approximate surface area is 126 Å². The van der Waals surface area contributed by atoms with Crippen LogP contribution in [0, 0.1) is 0 Å². The van der Waals surface area contributed by atoms with Crippen LogP contribution in [0.5, 0.6) is 0 Å². The Balaban J connectivity index is 2.13. The fourth-order valence-electron chi connectivity index (χ4n) is 2.24. The van der Waals surface area contributed by atoms with Gasteiger partial charge in [0.1, 0.15) is 0 Å². The molecule has 20 heavy (non-hydrogen) atoms. The third kappa shape index (κ3) is 4.17. The summed E-state index contributed by atoms with van der Waals surface area (Å²) in [5.41, 5.74) is 1.10. The Morgan fingerprint density at radius 2 is 2.20 bits per heavy atom. The van der Waals surface area contributed by atoms with Gasteiger partial charge < -0.3 is 15.0 Å². The molecule has 0 unspecified atom stereocenters. The first kappa shape index (κ1) is 15.7. The lowest BCUT2D eigenvalue weighted by Crippen LogP contribution is -2.26. The van der Waals surface area contributed by atoms with E-state index in [1.54, 1.807) is 7.11 Å². The van der Waals surface area contributed by atoms with Gasteiger partial charge in [0.15, 0.2) is 5.13 Å². The lowest BCUT2D eigenvalue weighted by atomic mass is 10.3. The zero-order valence-corrected chi connectivity index (χ0v) is 13.9. The van der Waals surface area contributed by atoms with E-state index in [4.69, 9.17) is 9.72 Å². The molecule has 1 fully saturated rings. The van der Waals surface area contributed by atoms with Gasteiger partial charge in [-0.25, -0.2) is 4.98 Å². The predicted octanol–water partition coefficient (Wildman–Crippen LogP) is 3.17. The molecule has 114 valence electrons. The number of methoxy groups -OCH3 is 1. The van der Waals surface area contributed by atoms with Crippen molar-refractivity contribution in [2.75, 3.05) is 18.6 Å². The van der Waals surface area contributed by atoms with E-state index in [2.05, 4.69) is 31.0 Å². The Morgan fingerprint density at radius 1 is 1.45 bits per heavy atom. The molecule has 0 radical (unpaired) electrons. The van der Waals surface area contributed by atoms with Crippen molar-refractivity contribution < 1.29 is 4.74 Å². The van der Waals surface area contributed by atoms with Crippen LogP contribution < -0.4 is 10.2 Å². The van der Waals surface area contributed by atoms with Crippen molar-refractivity contribution >= 4 is 16.5 Å². The minimum Gasteiger partial charge on any atom is -0.378 e. The van der Waals surface area contributed by atoms with Crippen LogP contribution in [0.4, 0.5) is 5.13 Å². The summed E-state index contributed by atoms with van der Waals surface area (Å²) in [5.74, 6) is 0. The van der Waals surface area contributed by atoms with E-state index in [0.29, 0.717) is 12.6 Å². The van der Waals surface area contributed by atoms with E-state index in [1.165, 1.54) is 29.3 Å². The summed E-state index contributed by atoms with van der Waals surface area (Å²) < 4.78 is 5.30. The van der Waals surface area contributed by atoms with Gasteiger partial charge >= 0.3 is 0 Å². The molecule has 2 rings (SSSR count). The highest BCUT2D eigenvalue weighted by atomic mass is 32.1. The number of nitrogens with one attached hydrogen (secondary N) is 1. The number of hydrogen-bond donors (Lipinski definition) is 1. The van der Waals surface area contributed by atoms with E-state index >= 15 is 0 Å². The molecule has 0 aliphatic heterocycles. The maximum atomic E-state index is 5.30. The topological polar surface area (TPSA) is 37.4 Å². The lowest BCUT2D eigenvalue weighted by Gasteiger charge is -2.20. The quantitative estimate of drug-likeness (QED) is 0.760. The second-order valence-corrected chi connectivity index (χ2v) is 6.82. The average molecular weight is 297 g/mol. The summed E-state index contributed by atoms with van der Waals surface area (Å²) in [4.78, 5) is 8.64. The normalized spacial score (nSPS) is 15.1. The fourth-order valence-corrected chi connectivity index (χ4v) is 3.35. The van der Waals surface area contributed by atoms with Crippen LogP contribution in [0.1, 0.15) is 50.6 Å². The van der Waals surface area contributed by atoms with Crippen LogP contribution in [0.25, 0.3) is 0 Å². The maximum absolute atomic E-state index is 5.30. The standard InChI is InChI=1S/C15H27N3OS/c1-5-8-18(12-6-7-12)15-17-13(10-19-4)14(20-15)9-16-11(2)3/h11-12,16H,5-10H2,1-4H3. The number of rotatable bonds is 9. The highest BCUT2D eigenvalue weighted by molar-refractivity contribution is 7.15. The summed E-state index contributed by atoms with van der Waals surface area (Å²) in [5, 5.41) is 4.67. The number of ether oxygens (including phenoxy) is 1. The van der Waals surface area contributed by atoms with E-state index in [0.717, 1.165) is 24.8 Å². The molecular weight excluding hydrogens is 270 g/mol. The highest BCUT2D eigenvalue weighted by Gasteiger charge is 2.31. The van der Waals surface area contributed by atoms with E-state index < -0.39 is 0 Å². The van der Waals surface area contributed by atoms with Crippen LogP contribution in [0.2, 0.25) is 0 Å². The number of hydrogen-bond acceptors (Lipinski definition) is 5. The number of nitrogens with zero attached hydrogens (tertiary/aromatic N) is 2. The number of anilines is 1. The largest absolute Gasteiger partial charge is 0.378 e.